The Labute approximate surface area is 118 Å². The number of rotatable bonds is 4. The largest absolute Gasteiger partial charge is 0.347 e. The zero-order chi connectivity index (χ0) is 13.0. The number of carbonyl (C=O) groups excluding carboxylic acids is 1. The average Bonchev–Trinajstić information content (AvgIpc) is 2.83. The van der Waals surface area contributed by atoms with Crippen LogP contribution in [0.2, 0.25) is 0 Å². The predicted octanol–water partition coefficient (Wildman–Crippen LogP) is 3.28. The van der Waals surface area contributed by atoms with Crippen LogP contribution in [0.4, 0.5) is 0 Å². The lowest BCUT2D eigenvalue weighted by atomic mass is 10.1. The summed E-state index contributed by atoms with van der Waals surface area (Å²) >= 11 is 4.90. The van der Waals surface area contributed by atoms with E-state index >= 15 is 0 Å². The summed E-state index contributed by atoms with van der Waals surface area (Å²) in [4.78, 5) is 16.0. The predicted molar refractivity (Wildman–Crippen MR) is 77.1 cm³/mol. The van der Waals surface area contributed by atoms with Gasteiger partial charge in [-0.05, 0) is 18.1 Å². The van der Waals surface area contributed by atoms with Gasteiger partial charge in [0, 0.05) is 17.3 Å². The van der Waals surface area contributed by atoms with Crippen LogP contribution in [0.5, 0.6) is 0 Å². The van der Waals surface area contributed by atoms with Gasteiger partial charge in [0.05, 0.1) is 5.01 Å². The summed E-state index contributed by atoms with van der Waals surface area (Å²) in [7, 11) is 0. The van der Waals surface area contributed by atoms with E-state index in [-0.39, 0.29) is 5.91 Å². The average molecular weight is 325 g/mol. The first kappa shape index (κ1) is 13.2. The number of hydrogen-bond acceptors (Lipinski definition) is 3. The molecule has 0 radical (unpaired) electrons. The molecule has 2 rings (SSSR count). The van der Waals surface area contributed by atoms with Gasteiger partial charge in [-0.25, -0.2) is 4.98 Å². The lowest BCUT2D eigenvalue weighted by molar-refractivity contribution is 0.0946. The van der Waals surface area contributed by atoms with Crippen molar-refractivity contribution in [1.29, 1.82) is 0 Å². The Kier molecular flexibility index (Phi) is 4.49. The number of nitrogens with zero attached hydrogens (tertiary/aromatic N) is 1. The normalized spacial score (nSPS) is 10.3. The summed E-state index contributed by atoms with van der Waals surface area (Å²) in [6.45, 7) is 2.41. The van der Waals surface area contributed by atoms with Gasteiger partial charge in [-0.2, -0.15) is 0 Å². The van der Waals surface area contributed by atoms with E-state index in [1.165, 1.54) is 16.9 Å². The molecule has 0 aliphatic carbocycles. The van der Waals surface area contributed by atoms with Crippen LogP contribution in [0.3, 0.4) is 0 Å². The molecule has 0 bridgehead atoms. The first-order valence-electron chi connectivity index (χ1n) is 5.53. The highest BCUT2D eigenvalue weighted by Gasteiger charge is 2.08. The molecular weight excluding hydrogens is 312 g/mol. The van der Waals surface area contributed by atoms with E-state index in [1.807, 2.05) is 25.1 Å². The Balaban J connectivity index is 1.97. The standard InChI is InChI=1S/C13H13BrN2OS/c1-9-16-12(8-18-9)13(17)15-7-11-4-2-3-10(5-11)6-14/h2-5,8H,6-7H2,1H3,(H,15,17). The van der Waals surface area contributed by atoms with E-state index in [9.17, 15) is 4.79 Å². The molecule has 1 aromatic heterocycles. The van der Waals surface area contributed by atoms with Gasteiger partial charge >= 0.3 is 0 Å². The molecule has 5 heteroatoms. The van der Waals surface area contributed by atoms with Gasteiger partial charge < -0.3 is 5.32 Å². The molecule has 0 fully saturated rings. The molecule has 2 aromatic rings. The van der Waals surface area contributed by atoms with E-state index in [0.717, 1.165) is 15.9 Å². The fraction of sp³-hybridized carbons (Fsp3) is 0.231. The summed E-state index contributed by atoms with van der Waals surface area (Å²) < 4.78 is 0. The molecule has 1 N–H and O–H groups in total. The van der Waals surface area contributed by atoms with E-state index in [4.69, 9.17) is 0 Å². The summed E-state index contributed by atoms with van der Waals surface area (Å²) in [5, 5.41) is 6.37. The van der Waals surface area contributed by atoms with Crippen molar-refractivity contribution in [2.75, 3.05) is 0 Å². The van der Waals surface area contributed by atoms with Gasteiger partial charge in [0.25, 0.3) is 5.91 Å². The van der Waals surface area contributed by atoms with Gasteiger partial charge in [-0.1, -0.05) is 40.2 Å². The molecule has 1 heterocycles. The number of alkyl halides is 1. The number of aryl methyl sites for hydroxylation is 1. The SMILES string of the molecule is Cc1nc(C(=O)NCc2cccc(CBr)c2)cs1. The first-order chi connectivity index (χ1) is 8.69. The summed E-state index contributed by atoms with van der Waals surface area (Å²) in [6.07, 6.45) is 0. The van der Waals surface area contributed by atoms with Crippen LogP contribution in [-0.2, 0) is 11.9 Å². The van der Waals surface area contributed by atoms with Crippen molar-refractivity contribution in [3.8, 4) is 0 Å². The Morgan fingerprint density at radius 3 is 2.89 bits per heavy atom. The number of benzene rings is 1. The second-order valence-corrected chi connectivity index (χ2v) is 5.51. The van der Waals surface area contributed by atoms with E-state index < -0.39 is 0 Å². The van der Waals surface area contributed by atoms with Crippen molar-refractivity contribution in [1.82, 2.24) is 10.3 Å². The molecule has 3 nitrogen and oxygen atoms in total. The van der Waals surface area contributed by atoms with Crippen molar-refractivity contribution in [3.05, 3.63) is 51.5 Å². The van der Waals surface area contributed by atoms with Crippen LogP contribution in [0.1, 0.15) is 26.6 Å². The summed E-state index contributed by atoms with van der Waals surface area (Å²) in [6, 6.07) is 8.11. The van der Waals surface area contributed by atoms with Crippen LogP contribution >= 0.6 is 27.3 Å². The Bertz CT molecular complexity index is 553. The van der Waals surface area contributed by atoms with Crippen LogP contribution < -0.4 is 5.32 Å². The third-order valence-corrected chi connectivity index (χ3v) is 3.87. The van der Waals surface area contributed by atoms with E-state index in [0.29, 0.717) is 12.2 Å². The highest BCUT2D eigenvalue weighted by Crippen LogP contribution is 2.10. The number of aromatic nitrogens is 1. The Morgan fingerprint density at radius 2 is 2.22 bits per heavy atom. The van der Waals surface area contributed by atoms with Crippen molar-refractivity contribution < 1.29 is 4.79 Å². The second-order valence-electron chi connectivity index (χ2n) is 3.89. The number of amides is 1. The molecule has 18 heavy (non-hydrogen) atoms. The Morgan fingerprint density at radius 1 is 1.44 bits per heavy atom. The fourth-order valence-corrected chi connectivity index (χ4v) is 2.51. The third kappa shape index (κ3) is 3.40. The van der Waals surface area contributed by atoms with Gasteiger partial charge in [0.15, 0.2) is 0 Å². The minimum absolute atomic E-state index is 0.122. The van der Waals surface area contributed by atoms with E-state index in [2.05, 4.69) is 32.3 Å². The highest BCUT2D eigenvalue weighted by atomic mass is 79.9. The van der Waals surface area contributed by atoms with Gasteiger partial charge in [0.2, 0.25) is 0 Å². The maximum atomic E-state index is 11.8. The molecular formula is C13H13BrN2OS. The molecule has 0 saturated carbocycles. The summed E-state index contributed by atoms with van der Waals surface area (Å²) in [5.41, 5.74) is 2.78. The molecule has 0 spiro atoms. The van der Waals surface area contributed by atoms with Crippen molar-refractivity contribution in [2.24, 2.45) is 0 Å². The summed E-state index contributed by atoms with van der Waals surface area (Å²) in [5.74, 6) is -0.122. The van der Waals surface area contributed by atoms with Crippen LogP contribution in [0.25, 0.3) is 0 Å². The fourth-order valence-electron chi connectivity index (χ4n) is 1.56. The minimum Gasteiger partial charge on any atom is -0.347 e. The molecule has 0 aliphatic heterocycles. The molecule has 0 unspecified atom stereocenters. The molecule has 0 atom stereocenters. The number of halogens is 1. The van der Waals surface area contributed by atoms with Crippen molar-refractivity contribution in [2.45, 2.75) is 18.8 Å². The van der Waals surface area contributed by atoms with Gasteiger partial charge in [-0.15, -0.1) is 11.3 Å². The lowest BCUT2D eigenvalue weighted by Gasteiger charge is -2.05. The van der Waals surface area contributed by atoms with Crippen molar-refractivity contribution >= 4 is 33.2 Å². The number of carbonyl (C=O) groups is 1. The lowest BCUT2D eigenvalue weighted by Crippen LogP contribution is -2.23. The Hall–Kier alpha value is -1.20. The topological polar surface area (TPSA) is 42.0 Å². The zero-order valence-electron chi connectivity index (χ0n) is 9.94. The molecule has 94 valence electrons. The van der Waals surface area contributed by atoms with E-state index in [1.54, 1.807) is 5.38 Å². The van der Waals surface area contributed by atoms with Crippen LogP contribution in [0.15, 0.2) is 29.6 Å². The number of nitrogens with one attached hydrogen (secondary N) is 1. The smallest absolute Gasteiger partial charge is 0.271 e. The van der Waals surface area contributed by atoms with Gasteiger partial charge in [0.1, 0.15) is 5.69 Å². The zero-order valence-corrected chi connectivity index (χ0v) is 12.3. The third-order valence-electron chi connectivity index (χ3n) is 2.45. The maximum absolute atomic E-state index is 11.8. The van der Waals surface area contributed by atoms with Crippen molar-refractivity contribution in [3.63, 3.8) is 0 Å². The molecule has 1 amide bonds. The van der Waals surface area contributed by atoms with Crippen LogP contribution in [0, 0.1) is 6.92 Å². The molecule has 0 saturated heterocycles. The number of hydrogen-bond donors (Lipinski definition) is 1. The highest BCUT2D eigenvalue weighted by molar-refractivity contribution is 9.08. The van der Waals surface area contributed by atoms with Crippen LogP contribution in [-0.4, -0.2) is 10.9 Å². The second kappa shape index (κ2) is 6.11. The maximum Gasteiger partial charge on any atom is 0.271 e. The number of thiazole rings is 1. The quantitative estimate of drug-likeness (QED) is 0.877. The minimum atomic E-state index is -0.122. The molecule has 1 aromatic carbocycles. The monoisotopic (exact) mass is 324 g/mol. The van der Waals surface area contributed by atoms with Gasteiger partial charge in [-0.3, -0.25) is 4.79 Å². The first-order valence-corrected chi connectivity index (χ1v) is 7.53. The molecule has 0 aliphatic rings.